The van der Waals surface area contributed by atoms with E-state index in [1.807, 2.05) is 69.2 Å². The Hall–Kier alpha value is -6.21. The fourth-order valence-electron chi connectivity index (χ4n) is 11.5. The number of amides is 11. The summed E-state index contributed by atoms with van der Waals surface area (Å²) in [6.45, 7) is 33.1. The van der Waals surface area contributed by atoms with Crippen LogP contribution in [-0.2, 0) is 57.5 Å². The monoisotopic (exact) mass is 1300 g/mol. The molecule has 6 N–H and O–H groups in total. The zero-order valence-electron chi connectivity index (χ0n) is 60.9. The third-order valence-electron chi connectivity index (χ3n) is 17.3. The van der Waals surface area contributed by atoms with Gasteiger partial charge in [0, 0.05) is 67.8 Å². The highest BCUT2D eigenvalue weighted by Crippen LogP contribution is 2.33. The maximum atomic E-state index is 16.0. The predicted molar refractivity (Wildman–Crippen MR) is 356 cm³/mol. The lowest BCUT2D eigenvalue weighted by Gasteiger charge is -2.48. The van der Waals surface area contributed by atoms with Crippen LogP contribution in [0.15, 0.2) is 12.2 Å². The summed E-state index contributed by atoms with van der Waals surface area (Å²) in [5.41, 5.74) is -2.24. The summed E-state index contributed by atoms with van der Waals surface area (Å²) in [7, 11) is 9.81. The van der Waals surface area contributed by atoms with E-state index in [0.29, 0.717) is 0 Å². The van der Waals surface area contributed by atoms with Gasteiger partial charge in [0.1, 0.15) is 54.4 Å². The predicted octanol–water partition coefficient (Wildman–Crippen LogP) is 3.61. The molecule has 25 nitrogen and oxygen atoms in total. The molecule has 12 atom stereocenters. The van der Waals surface area contributed by atoms with Crippen LogP contribution in [0.4, 0.5) is 0 Å². The van der Waals surface area contributed by atoms with Gasteiger partial charge < -0.3 is 70.7 Å². The molecule has 1 rings (SSSR count). The lowest BCUT2D eigenvalue weighted by molar-refractivity contribution is -0.208. The molecule has 1 saturated heterocycles. The maximum absolute atomic E-state index is 16.0. The van der Waals surface area contributed by atoms with Gasteiger partial charge in [-0.2, -0.15) is 0 Å². The molecule has 0 saturated carbocycles. The van der Waals surface area contributed by atoms with Gasteiger partial charge in [-0.15, -0.1) is 0 Å². The fourth-order valence-corrected chi connectivity index (χ4v) is 11.5. The molecule has 0 aromatic rings. The number of aliphatic hydroxyl groups excluding tert-OH is 1. The maximum Gasteiger partial charge on any atom is 0.276 e. The molecule has 11 amide bonds. The highest BCUT2D eigenvalue weighted by Gasteiger charge is 2.55. The van der Waals surface area contributed by atoms with Crippen LogP contribution in [0.2, 0.25) is 0 Å². The molecule has 25 heteroatoms. The standard InChI is InChI=1S/C67H122N12O13/c1-27-29-30-45(17)56(81)55-60(85)71-48(28-2)62(87)73(20)37-53(80)74(21)49(33-38(3)4)59(84)72-54(42(11)12)65(90)75(22)50(34-39(5)6)58(83)69-46(18)57(82)70-47(19)61(86)76(23)51(35-40(7)8)63(88)77(24)52(36-41(9)10)64(89)79(26)67(43(13)14,66(91)78(55)25)92-32-31-68-44(15)16/h27,29,38-52,54-56,68,81H,28,30-37H2,1-26H3,(H,69,83)(H,70,82)(H,71,85)(H,72,84)/b29-27+/t45-,46+,47-,48+,49+,50+,51+,52+,54+,55+,56-,67+/m1/s1. The highest BCUT2D eigenvalue weighted by atomic mass is 16.5. The van der Waals surface area contributed by atoms with E-state index in [1.54, 1.807) is 60.6 Å². The molecule has 0 spiro atoms. The second-order valence-corrected chi connectivity index (χ2v) is 28.1. The number of nitrogens with one attached hydrogen (secondary N) is 5. The Morgan fingerprint density at radius 2 is 1.01 bits per heavy atom. The average molecular weight is 1300 g/mol. The van der Waals surface area contributed by atoms with Crippen LogP contribution in [-0.4, -0.2) is 246 Å². The Kier molecular flexibility index (Phi) is 34.8. The first-order chi connectivity index (χ1) is 42.5. The molecule has 1 aliphatic rings. The SMILES string of the molecule is C/C=C/C[C@@H](C)[C@@H](O)[C@H]1C(=O)N[C@@H](CC)C(=O)N(C)CC(=O)N(C)[C@@H](CC(C)C)C(=O)N[C@@H](C(C)C)C(=O)N(C)[C@@H](CC(C)C)C(=O)N[C@@H](C)C(=O)N[C@H](C)C(=O)N(C)[C@@H](CC(C)C)C(=O)N(C)[C@@H](CC(C)C)C(=O)N(C)[C@](OCCNC(C)C)(C(C)C)C(=O)N1C. The Morgan fingerprint density at radius 1 is 0.554 bits per heavy atom. The van der Waals surface area contributed by atoms with Gasteiger partial charge in [0.15, 0.2) is 0 Å². The van der Waals surface area contributed by atoms with Crippen molar-refractivity contribution in [2.75, 3.05) is 69.0 Å². The van der Waals surface area contributed by atoms with Crippen LogP contribution in [0.25, 0.3) is 0 Å². The quantitative estimate of drug-likeness (QED) is 0.0750. The number of hydrogen-bond donors (Lipinski definition) is 6. The van der Waals surface area contributed by atoms with Crippen molar-refractivity contribution in [1.29, 1.82) is 0 Å². The van der Waals surface area contributed by atoms with Crippen LogP contribution in [0.3, 0.4) is 0 Å². The third-order valence-corrected chi connectivity index (χ3v) is 17.3. The summed E-state index contributed by atoms with van der Waals surface area (Å²) in [4.78, 5) is 172. The van der Waals surface area contributed by atoms with Crippen molar-refractivity contribution in [1.82, 2.24) is 60.9 Å². The number of carbonyl (C=O) groups is 11. The number of aliphatic hydroxyl groups is 1. The minimum atomic E-state index is -2.24. The fraction of sp³-hybridized carbons (Fsp3) is 0.806. The normalized spacial score (nSPS) is 26.7. The number of carbonyl (C=O) groups excluding carboxylic acids is 11. The number of ether oxygens (including phenoxy) is 1. The zero-order valence-corrected chi connectivity index (χ0v) is 60.9. The molecular formula is C67H122N12O13. The van der Waals surface area contributed by atoms with Crippen molar-refractivity contribution in [2.24, 2.45) is 41.4 Å². The van der Waals surface area contributed by atoms with E-state index < -0.39 is 155 Å². The van der Waals surface area contributed by atoms with Gasteiger partial charge in [-0.1, -0.05) is 123 Å². The summed E-state index contributed by atoms with van der Waals surface area (Å²) in [6.07, 6.45) is 2.74. The molecule has 528 valence electrons. The molecule has 0 aromatic heterocycles. The van der Waals surface area contributed by atoms with Crippen LogP contribution in [0.1, 0.15) is 170 Å². The van der Waals surface area contributed by atoms with Crippen molar-refractivity contribution in [2.45, 2.75) is 242 Å². The van der Waals surface area contributed by atoms with Gasteiger partial charge in [-0.05, 0) is 94.8 Å². The van der Waals surface area contributed by atoms with E-state index in [1.165, 1.54) is 82.8 Å². The number of hydrogen-bond acceptors (Lipinski definition) is 14. The Bertz CT molecular complexity index is 2510. The van der Waals surface area contributed by atoms with Gasteiger partial charge in [-0.25, -0.2) is 0 Å². The Labute approximate surface area is 551 Å². The average Bonchev–Trinajstić information content (AvgIpc) is 0.759. The third kappa shape index (κ3) is 23.1. The number of rotatable bonds is 20. The van der Waals surface area contributed by atoms with Crippen molar-refractivity contribution in [3.8, 4) is 0 Å². The molecule has 0 aromatic carbocycles. The molecule has 0 unspecified atom stereocenters. The Morgan fingerprint density at radius 3 is 1.48 bits per heavy atom. The first-order valence-corrected chi connectivity index (χ1v) is 33.2. The molecule has 1 heterocycles. The molecule has 92 heavy (non-hydrogen) atoms. The first-order valence-electron chi connectivity index (χ1n) is 33.2. The topological polar surface area (TPSA) is 300 Å². The van der Waals surface area contributed by atoms with Crippen LogP contribution >= 0.6 is 0 Å². The van der Waals surface area contributed by atoms with Crippen molar-refractivity contribution in [3.63, 3.8) is 0 Å². The Balaban J connectivity index is 4.57. The lowest BCUT2D eigenvalue weighted by atomic mass is 9.89. The summed E-state index contributed by atoms with van der Waals surface area (Å²) in [6, 6.07) is -11.5. The van der Waals surface area contributed by atoms with Gasteiger partial charge in [0.05, 0.1) is 19.3 Å². The second kappa shape index (κ2) is 38.2. The van der Waals surface area contributed by atoms with E-state index in [0.717, 1.165) is 14.7 Å². The molecule has 0 radical (unpaired) electrons. The molecular weight excluding hydrogens is 1180 g/mol. The van der Waals surface area contributed by atoms with Gasteiger partial charge >= 0.3 is 0 Å². The van der Waals surface area contributed by atoms with Crippen molar-refractivity contribution in [3.05, 3.63) is 12.2 Å². The van der Waals surface area contributed by atoms with Crippen molar-refractivity contribution >= 4 is 65.0 Å². The number of likely N-dealkylation sites (N-methyl/N-ethyl adjacent to an activating group) is 7. The smallest absolute Gasteiger partial charge is 0.276 e. The summed E-state index contributed by atoms with van der Waals surface area (Å²) in [5, 5.41) is 26.7. The van der Waals surface area contributed by atoms with Gasteiger partial charge in [0.2, 0.25) is 64.8 Å². The van der Waals surface area contributed by atoms with Crippen LogP contribution < -0.4 is 26.6 Å². The first kappa shape index (κ1) is 83.8. The number of allylic oxidation sites excluding steroid dienone is 2. The molecule has 1 aliphatic heterocycles. The molecule has 0 bridgehead atoms. The minimum Gasteiger partial charge on any atom is -0.390 e. The highest BCUT2D eigenvalue weighted by molar-refractivity contribution is 6.00. The lowest BCUT2D eigenvalue weighted by Crippen LogP contribution is -2.70. The van der Waals surface area contributed by atoms with E-state index in [-0.39, 0.29) is 81.4 Å². The summed E-state index contributed by atoms with van der Waals surface area (Å²) in [5.74, 6) is -10.7. The van der Waals surface area contributed by atoms with Gasteiger partial charge in [-0.3, -0.25) is 52.7 Å². The van der Waals surface area contributed by atoms with E-state index in [9.17, 15) is 38.7 Å². The van der Waals surface area contributed by atoms with Gasteiger partial charge in [0.25, 0.3) is 5.91 Å². The summed E-state index contributed by atoms with van der Waals surface area (Å²) < 4.78 is 6.73. The van der Waals surface area contributed by atoms with Crippen molar-refractivity contribution < 1.29 is 62.6 Å². The largest absolute Gasteiger partial charge is 0.390 e. The minimum absolute atomic E-state index is 0.0116. The summed E-state index contributed by atoms with van der Waals surface area (Å²) >= 11 is 0. The van der Waals surface area contributed by atoms with Crippen LogP contribution in [0, 0.1) is 41.4 Å². The van der Waals surface area contributed by atoms with E-state index >= 15 is 19.2 Å². The van der Waals surface area contributed by atoms with E-state index in [4.69, 9.17) is 4.74 Å². The van der Waals surface area contributed by atoms with Crippen LogP contribution in [0.5, 0.6) is 0 Å². The second-order valence-electron chi connectivity index (χ2n) is 28.1. The molecule has 1 fully saturated rings. The molecule has 0 aliphatic carbocycles. The number of nitrogens with zero attached hydrogens (tertiary/aromatic N) is 7. The zero-order chi connectivity index (χ0) is 71.3. The van der Waals surface area contributed by atoms with E-state index in [2.05, 4.69) is 26.6 Å².